The van der Waals surface area contributed by atoms with Gasteiger partial charge in [0.15, 0.2) is 0 Å². The maximum absolute atomic E-state index is 11.3. The molecule has 6 heteroatoms. The lowest BCUT2D eigenvalue weighted by atomic mass is 10.1. The van der Waals surface area contributed by atoms with Crippen molar-refractivity contribution >= 4 is 21.2 Å². The van der Waals surface area contributed by atoms with E-state index in [2.05, 4.69) is 16.9 Å². The van der Waals surface area contributed by atoms with Crippen LogP contribution in [0.5, 0.6) is 0 Å². The fraction of sp³-hybridized carbons (Fsp3) is 0.636. The highest BCUT2D eigenvalue weighted by Gasteiger charge is 2.11. The number of rotatable bonds is 8. The van der Waals surface area contributed by atoms with Gasteiger partial charge in [0, 0.05) is 11.8 Å². The summed E-state index contributed by atoms with van der Waals surface area (Å²) in [5.74, 6) is 5.95. The van der Waals surface area contributed by atoms with Crippen LogP contribution in [0.3, 0.4) is 0 Å². The molecule has 0 saturated heterocycles. The van der Waals surface area contributed by atoms with Gasteiger partial charge in [-0.05, 0) is 41.7 Å². The smallest absolute Gasteiger partial charge is 0.150 e. The second-order valence-corrected chi connectivity index (χ2v) is 7.33. The van der Waals surface area contributed by atoms with Crippen LogP contribution in [0.4, 0.5) is 0 Å². The van der Waals surface area contributed by atoms with E-state index in [0.29, 0.717) is 6.42 Å². The summed E-state index contributed by atoms with van der Waals surface area (Å²) in [4.78, 5) is 0. The molecule has 1 rings (SSSR count). The summed E-state index contributed by atoms with van der Waals surface area (Å²) in [6, 6.07) is 2.22. The first-order chi connectivity index (χ1) is 8.07. The van der Waals surface area contributed by atoms with Crippen LogP contribution < -0.4 is 11.3 Å². The summed E-state index contributed by atoms with van der Waals surface area (Å²) in [6.45, 7) is 1.68. The number of nitrogens with two attached hydrogens (primary N) is 1. The van der Waals surface area contributed by atoms with Crippen LogP contribution in [0.25, 0.3) is 0 Å². The number of hydrazine groups is 1. The van der Waals surface area contributed by atoms with Gasteiger partial charge in [-0.2, -0.15) is 11.3 Å². The quantitative estimate of drug-likeness (QED) is 0.555. The maximum Gasteiger partial charge on any atom is 0.150 e. The zero-order valence-corrected chi connectivity index (χ0v) is 11.7. The van der Waals surface area contributed by atoms with Crippen LogP contribution in [0.15, 0.2) is 16.8 Å². The molecular weight excluding hydrogens is 256 g/mol. The molecule has 0 saturated carbocycles. The Labute approximate surface area is 107 Å². The van der Waals surface area contributed by atoms with Gasteiger partial charge >= 0.3 is 0 Å². The molecule has 4 nitrogen and oxygen atoms in total. The Balaban J connectivity index is 2.33. The van der Waals surface area contributed by atoms with Crippen molar-refractivity contribution in [3.05, 3.63) is 22.4 Å². The highest BCUT2D eigenvalue weighted by Crippen LogP contribution is 2.11. The first-order valence-electron chi connectivity index (χ1n) is 5.75. The molecule has 0 bridgehead atoms. The largest absolute Gasteiger partial charge is 0.271 e. The summed E-state index contributed by atoms with van der Waals surface area (Å²) in [5.41, 5.74) is 4.00. The van der Waals surface area contributed by atoms with Gasteiger partial charge in [0.2, 0.25) is 0 Å². The molecule has 0 spiro atoms. The summed E-state index contributed by atoms with van der Waals surface area (Å²) >= 11 is 1.66. The predicted octanol–water partition coefficient (Wildman–Crippen LogP) is 1.34. The zero-order chi connectivity index (χ0) is 12.7. The zero-order valence-electron chi connectivity index (χ0n) is 10.1. The Hall–Kier alpha value is -0.430. The second-order valence-electron chi connectivity index (χ2n) is 4.08. The molecule has 0 aromatic carbocycles. The topological polar surface area (TPSA) is 72.2 Å². The highest BCUT2D eigenvalue weighted by atomic mass is 32.2. The van der Waals surface area contributed by atoms with Gasteiger partial charge in [0.25, 0.3) is 0 Å². The van der Waals surface area contributed by atoms with Gasteiger partial charge in [-0.1, -0.05) is 6.92 Å². The fourth-order valence-electron chi connectivity index (χ4n) is 1.63. The molecular formula is C11H20N2O2S2. The van der Waals surface area contributed by atoms with Crippen LogP contribution >= 0.6 is 11.3 Å². The minimum atomic E-state index is -2.85. The van der Waals surface area contributed by atoms with Crippen molar-refractivity contribution in [3.8, 4) is 0 Å². The average Bonchev–Trinajstić information content (AvgIpc) is 2.80. The van der Waals surface area contributed by atoms with E-state index in [1.165, 1.54) is 5.56 Å². The second kappa shape index (κ2) is 7.10. The van der Waals surface area contributed by atoms with E-state index in [1.54, 1.807) is 18.3 Å². The van der Waals surface area contributed by atoms with Gasteiger partial charge in [0.1, 0.15) is 9.84 Å². The predicted molar refractivity (Wildman–Crippen MR) is 72.7 cm³/mol. The number of hydrogen-bond acceptors (Lipinski definition) is 5. The van der Waals surface area contributed by atoms with Gasteiger partial charge < -0.3 is 0 Å². The summed E-state index contributed by atoms with van der Waals surface area (Å²) in [7, 11) is -2.85. The Morgan fingerprint density at radius 1 is 1.53 bits per heavy atom. The third-order valence-corrected chi connectivity index (χ3v) is 5.27. The Morgan fingerprint density at radius 3 is 2.82 bits per heavy atom. The van der Waals surface area contributed by atoms with Crippen LogP contribution in [0, 0.1) is 0 Å². The molecule has 0 amide bonds. The summed E-state index contributed by atoms with van der Waals surface area (Å²) in [6.07, 6.45) is 2.30. The fourth-order valence-corrected chi connectivity index (χ4v) is 3.21. The minimum absolute atomic E-state index is 0.150. The molecule has 0 radical (unpaired) electrons. The molecule has 1 heterocycles. The van der Waals surface area contributed by atoms with E-state index >= 15 is 0 Å². The molecule has 0 aliphatic heterocycles. The highest BCUT2D eigenvalue weighted by molar-refractivity contribution is 7.91. The van der Waals surface area contributed by atoms with E-state index < -0.39 is 9.84 Å². The lowest BCUT2D eigenvalue weighted by Gasteiger charge is -2.14. The van der Waals surface area contributed by atoms with Crippen LogP contribution in [-0.4, -0.2) is 26.0 Å². The summed E-state index contributed by atoms with van der Waals surface area (Å²) < 4.78 is 22.7. The molecule has 1 aromatic rings. The summed E-state index contributed by atoms with van der Waals surface area (Å²) in [5, 5.41) is 4.12. The number of thiophene rings is 1. The van der Waals surface area contributed by atoms with Gasteiger partial charge in [-0.3, -0.25) is 11.3 Å². The SMILES string of the molecule is CCS(=O)(=O)CCCC(Cc1ccsc1)NN. The molecule has 98 valence electrons. The van der Waals surface area contributed by atoms with Gasteiger partial charge in [-0.15, -0.1) is 0 Å². The van der Waals surface area contributed by atoms with Gasteiger partial charge in [-0.25, -0.2) is 8.42 Å². The van der Waals surface area contributed by atoms with Crippen molar-refractivity contribution in [1.29, 1.82) is 0 Å². The van der Waals surface area contributed by atoms with E-state index in [9.17, 15) is 8.42 Å². The van der Waals surface area contributed by atoms with Gasteiger partial charge in [0.05, 0.1) is 5.75 Å². The number of nitrogens with one attached hydrogen (secondary N) is 1. The van der Waals surface area contributed by atoms with Crippen LogP contribution in [-0.2, 0) is 16.3 Å². The Kier molecular flexibility index (Phi) is 6.11. The van der Waals surface area contributed by atoms with Crippen molar-refractivity contribution in [1.82, 2.24) is 5.43 Å². The molecule has 0 aliphatic carbocycles. The molecule has 3 N–H and O–H groups in total. The standard InChI is InChI=1S/C11H20N2O2S2/c1-2-17(14,15)7-3-4-11(13-12)8-10-5-6-16-9-10/h5-6,9,11,13H,2-4,7-8,12H2,1H3. The van der Waals surface area contributed by atoms with Crippen molar-refractivity contribution < 1.29 is 8.42 Å². The maximum atomic E-state index is 11.3. The van der Waals surface area contributed by atoms with E-state index in [4.69, 9.17) is 5.84 Å². The lowest BCUT2D eigenvalue weighted by molar-refractivity contribution is 0.485. The van der Waals surface area contributed by atoms with Crippen LogP contribution in [0.1, 0.15) is 25.3 Å². The van der Waals surface area contributed by atoms with Crippen molar-refractivity contribution in [2.24, 2.45) is 5.84 Å². The van der Waals surface area contributed by atoms with Crippen molar-refractivity contribution in [3.63, 3.8) is 0 Å². The molecule has 0 fully saturated rings. The third-order valence-electron chi connectivity index (χ3n) is 2.75. The van der Waals surface area contributed by atoms with E-state index in [1.807, 2.05) is 5.38 Å². The normalized spacial score (nSPS) is 13.8. The molecule has 1 atom stereocenters. The molecule has 1 unspecified atom stereocenters. The van der Waals surface area contributed by atoms with Crippen LogP contribution in [0.2, 0.25) is 0 Å². The minimum Gasteiger partial charge on any atom is -0.271 e. The Morgan fingerprint density at radius 2 is 2.29 bits per heavy atom. The third kappa shape index (κ3) is 5.63. The first kappa shape index (κ1) is 14.6. The van der Waals surface area contributed by atoms with E-state index in [0.717, 1.165) is 12.8 Å². The lowest BCUT2D eigenvalue weighted by Crippen LogP contribution is -2.37. The number of sulfone groups is 1. The molecule has 1 aromatic heterocycles. The van der Waals surface area contributed by atoms with E-state index in [-0.39, 0.29) is 17.5 Å². The average molecular weight is 276 g/mol. The molecule has 17 heavy (non-hydrogen) atoms. The Bertz CT molecular complexity index is 401. The first-order valence-corrected chi connectivity index (χ1v) is 8.51. The molecule has 0 aliphatic rings. The monoisotopic (exact) mass is 276 g/mol. The van der Waals surface area contributed by atoms with Crippen molar-refractivity contribution in [2.45, 2.75) is 32.2 Å². The number of hydrogen-bond donors (Lipinski definition) is 2. The van der Waals surface area contributed by atoms with Crippen molar-refractivity contribution in [2.75, 3.05) is 11.5 Å².